The van der Waals surface area contributed by atoms with Gasteiger partial charge in [-0.25, -0.2) is 26.9 Å². The van der Waals surface area contributed by atoms with Crippen LogP contribution in [0.25, 0.3) is 10.9 Å². The van der Waals surface area contributed by atoms with Gasteiger partial charge >= 0.3 is 0 Å². The molecule has 1 aliphatic heterocycles. The predicted molar refractivity (Wildman–Crippen MR) is 101 cm³/mol. The first-order valence-corrected chi connectivity index (χ1v) is 10.1. The van der Waals surface area contributed by atoms with Crippen molar-refractivity contribution in [3.63, 3.8) is 0 Å². The van der Waals surface area contributed by atoms with E-state index in [1.54, 1.807) is 24.3 Å². The molecule has 4 rings (SSSR count). The summed E-state index contributed by atoms with van der Waals surface area (Å²) < 4.78 is 75.2. The van der Waals surface area contributed by atoms with Crippen molar-refractivity contribution < 1.29 is 26.7 Å². The largest absolute Gasteiger partial charge is 0.376 e. The molecule has 1 unspecified atom stereocenters. The molecular weight excluding hydrogens is 427 g/mol. The van der Waals surface area contributed by atoms with E-state index in [1.807, 2.05) is 0 Å². The van der Waals surface area contributed by atoms with Crippen LogP contribution in [-0.4, -0.2) is 22.3 Å². The number of para-hydroxylation sites is 1. The molecule has 0 aliphatic carbocycles. The number of hydrogen-bond donors (Lipinski definition) is 0. The number of aromatic nitrogens is 2. The van der Waals surface area contributed by atoms with Crippen LogP contribution in [0.15, 0.2) is 34.2 Å². The summed E-state index contributed by atoms with van der Waals surface area (Å²) in [5.74, 6) is -10.6. The first-order valence-electron chi connectivity index (χ1n) is 9.12. The fraction of sp³-hybridized carbons (Fsp3) is 0.300. The van der Waals surface area contributed by atoms with Gasteiger partial charge in [0.15, 0.2) is 28.4 Å². The Labute approximate surface area is 171 Å². The number of fused-ring (bicyclic) bond motifs is 1. The van der Waals surface area contributed by atoms with Gasteiger partial charge in [0.2, 0.25) is 5.82 Å². The third kappa shape index (κ3) is 3.69. The highest BCUT2D eigenvalue weighted by molar-refractivity contribution is 7.98. The lowest BCUT2D eigenvalue weighted by molar-refractivity contribution is 0.0937. The quantitative estimate of drug-likeness (QED) is 0.191. The van der Waals surface area contributed by atoms with Gasteiger partial charge < -0.3 is 4.74 Å². The van der Waals surface area contributed by atoms with E-state index in [4.69, 9.17) is 4.74 Å². The third-order valence-corrected chi connectivity index (χ3v) is 5.89. The highest BCUT2D eigenvalue weighted by Crippen LogP contribution is 2.29. The van der Waals surface area contributed by atoms with Crippen LogP contribution in [0.5, 0.6) is 0 Å². The molecule has 2 aromatic carbocycles. The van der Waals surface area contributed by atoms with Gasteiger partial charge in [0.1, 0.15) is 0 Å². The summed E-state index contributed by atoms with van der Waals surface area (Å²) in [5.41, 5.74) is -0.968. The second-order valence-corrected chi connectivity index (χ2v) is 7.74. The van der Waals surface area contributed by atoms with Gasteiger partial charge in [-0.05, 0) is 25.0 Å². The molecule has 1 aromatic heterocycles. The average molecular weight is 442 g/mol. The van der Waals surface area contributed by atoms with Gasteiger partial charge in [-0.1, -0.05) is 23.9 Å². The summed E-state index contributed by atoms with van der Waals surface area (Å²) >= 11 is 0.725. The van der Waals surface area contributed by atoms with Gasteiger partial charge in [0.25, 0.3) is 5.56 Å². The van der Waals surface area contributed by atoms with Gasteiger partial charge in [-0.2, -0.15) is 0 Å². The van der Waals surface area contributed by atoms with Crippen LogP contribution in [0, 0.1) is 29.1 Å². The normalized spacial score (nSPS) is 16.5. The Bertz CT molecular complexity index is 1150. The molecule has 0 amide bonds. The monoisotopic (exact) mass is 442 g/mol. The fourth-order valence-electron chi connectivity index (χ4n) is 3.32. The summed E-state index contributed by atoms with van der Waals surface area (Å²) in [6.07, 6.45) is 1.35. The minimum atomic E-state index is -2.21. The second-order valence-electron chi connectivity index (χ2n) is 6.80. The molecule has 0 N–H and O–H groups in total. The fourth-order valence-corrected chi connectivity index (χ4v) is 4.33. The first-order chi connectivity index (χ1) is 14.4. The van der Waals surface area contributed by atoms with Crippen LogP contribution < -0.4 is 5.56 Å². The smallest absolute Gasteiger partial charge is 0.262 e. The van der Waals surface area contributed by atoms with E-state index in [2.05, 4.69) is 4.98 Å². The minimum Gasteiger partial charge on any atom is -0.376 e. The van der Waals surface area contributed by atoms with E-state index < -0.39 is 40.4 Å². The SMILES string of the molecule is O=c1c2ccccc2nc(SCc2c(F)c(F)c(F)c(F)c2F)n1CC1CCCO1. The Morgan fingerprint density at radius 3 is 2.37 bits per heavy atom. The van der Waals surface area contributed by atoms with E-state index in [0.29, 0.717) is 17.5 Å². The van der Waals surface area contributed by atoms with Crippen molar-refractivity contribution in [2.24, 2.45) is 0 Å². The summed E-state index contributed by atoms with van der Waals surface area (Å²) in [4.78, 5) is 17.4. The van der Waals surface area contributed by atoms with Crippen molar-refractivity contribution in [1.29, 1.82) is 0 Å². The van der Waals surface area contributed by atoms with Crippen LogP contribution in [0.1, 0.15) is 18.4 Å². The minimum absolute atomic E-state index is 0.109. The van der Waals surface area contributed by atoms with Crippen molar-refractivity contribution in [3.8, 4) is 0 Å². The van der Waals surface area contributed by atoms with E-state index in [-0.39, 0.29) is 23.4 Å². The molecular formula is C20H15F5N2O2S. The zero-order valence-corrected chi connectivity index (χ0v) is 16.2. The summed E-state index contributed by atoms with van der Waals surface area (Å²) in [6, 6.07) is 6.58. The maximum Gasteiger partial charge on any atom is 0.262 e. The molecule has 1 saturated heterocycles. The molecule has 1 atom stereocenters. The van der Waals surface area contributed by atoms with Crippen LogP contribution in [0.4, 0.5) is 22.0 Å². The number of nitrogens with zero attached hydrogens (tertiary/aromatic N) is 2. The zero-order valence-electron chi connectivity index (χ0n) is 15.4. The highest BCUT2D eigenvalue weighted by atomic mass is 32.2. The Morgan fingerprint density at radius 2 is 1.70 bits per heavy atom. The van der Waals surface area contributed by atoms with Crippen LogP contribution in [-0.2, 0) is 17.0 Å². The molecule has 0 radical (unpaired) electrons. The Hall–Kier alpha value is -2.46. The molecule has 2 heterocycles. The Morgan fingerprint density at radius 1 is 1.03 bits per heavy atom. The predicted octanol–water partition coefficient (Wildman–Crippen LogP) is 4.56. The van der Waals surface area contributed by atoms with E-state index in [0.717, 1.165) is 24.6 Å². The molecule has 158 valence electrons. The summed E-state index contributed by atoms with van der Waals surface area (Å²) in [6.45, 7) is 0.740. The van der Waals surface area contributed by atoms with Gasteiger partial charge in [0.05, 0.1) is 23.6 Å². The first kappa shape index (κ1) is 20.8. The van der Waals surface area contributed by atoms with E-state index in [1.165, 1.54) is 4.57 Å². The number of halogens is 5. The maximum absolute atomic E-state index is 14.0. The van der Waals surface area contributed by atoms with Crippen molar-refractivity contribution in [2.75, 3.05) is 6.61 Å². The van der Waals surface area contributed by atoms with Crippen LogP contribution in [0.3, 0.4) is 0 Å². The van der Waals surface area contributed by atoms with Gasteiger partial charge in [-0.15, -0.1) is 0 Å². The molecule has 4 nitrogen and oxygen atoms in total. The molecule has 10 heteroatoms. The Kier molecular flexibility index (Phi) is 5.79. The lowest BCUT2D eigenvalue weighted by atomic mass is 10.2. The van der Waals surface area contributed by atoms with Crippen molar-refractivity contribution in [3.05, 3.63) is 69.3 Å². The second kappa shape index (κ2) is 8.35. The van der Waals surface area contributed by atoms with Crippen molar-refractivity contribution >= 4 is 22.7 Å². The molecule has 3 aromatic rings. The number of hydrogen-bond acceptors (Lipinski definition) is 4. The molecule has 0 saturated carbocycles. The lowest BCUT2D eigenvalue weighted by Gasteiger charge is -2.17. The van der Waals surface area contributed by atoms with E-state index in [9.17, 15) is 26.7 Å². The number of ether oxygens (including phenoxy) is 1. The molecule has 30 heavy (non-hydrogen) atoms. The molecule has 0 bridgehead atoms. The summed E-state index contributed by atoms with van der Waals surface area (Å²) in [7, 11) is 0. The molecule has 1 fully saturated rings. The third-order valence-electron chi connectivity index (χ3n) is 4.88. The van der Waals surface area contributed by atoms with Crippen LogP contribution >= 0.6 is 11.8 Å². The van der Waals surface area contributed by atoms with Crippen molar-refractivity contribution in [2.45, 2.75) is 36.4 Å². The maximum atomic E-state index is 14.0. The standard InChI is InChI=1S/C20H15F5N2O2S/c21-14-12(15(22)17(24)18(25)16(14)23)9-30-20-26-13-6-2-1-5-11(13)19(28)27(20)8-10-4-3-7-29-10/h1-2,5-6,10H,3-4,7-9H2. The number of rotatable bonds is 5. The lowest BCUT2D eigenvalue weighted by Crippen LogP contribution is -2.28. The van der Waals surface area contributed by atoms with Gasteiger partial charge in [-0.3, -0.25) is 9.36 Å². The molecule has 0 spiro atoms. The number of thioether (sulfide) groups is 1. The highest BCUT2D eigenvalue weighted by Gasteiger charge is 2.26. The topological polar surface area (TPSA) is 44.1 Å². The van der Waals surface area contributed by atoms with Gasteiger partial charge in [0, 0.05) is 17.9 Å². The zero-order chi connectivity index (χ0) is 21.4. The van der Waals surface area contributed by atoms with Crippen molar-refractivity contribution in [1.82, 2.24) is 9.55 Å². The average Bonchev–Trinajstić information content (AvgIpc) is 3.26. The van der Waals surface area contributed by atoms with E-state index >= 15 is 0 Å². The van der Waals surface area contributed by atoms with Crippen LogP contribution in [0.2, 0.25) is 0 Å². The Balaban J connectivity index is 1.74. The summed E-state index contributed by atoms with van der Waals surface area (Å²) in [5, 5.41) is 0.467. The molecule has 1 aliphatic rings. The number of benzene rings is 2.